The SMILES string of the molecule is CC(C)(C)c1ccc(OCC(=O)N/N=C2\C(=O)c3cccc4cccc2c34)cc1. The van der Waals surface area contributed by atoms with Crippen molar-refractivity contribution in [2.75, 3.05) is 6.61 Å². The van der Waals surface area contributed by atoms with Crippen LogP contribution in [0.5, 0.6) is 5.75 Å². The maximum Gasteiger partial charge on any atom is 0.277 e. The molecule has 0 saturated heterocycles. The number of benzene rings is 3. The number of ether oxygens (including phenoxy) is 1. The molecule has 1 N–H and O–H groups in total. The zero-order chi connectivity index (χ0) is 20.6. The summed E-state index contributed by atoms with van der Waals surface area (Å²) in [4.78, 5) is 24.8. The van der Waals surface area contributed by atoms with Gasteiger partial charge in [-0.2, -0.15) is 5.10 Å². The number of hydrogen-bond acceptors (Lipinski definition) is 4. The molecular weight excluding hydrogens is 364 g/mol. The lowest BCUT2D eigenvalue weighted by Gasteiger charge is -2.19. The number of rotatable bonds is 4. The second-order valence-corrected chi connectivity index (χ2v) is 8.10. The lowest BCUT2D eigenvalue weighted by molar-refractivity contribution is -0.123. The number of hydrazone groups is 1. The molecular formula is C24H22N2O3. The van der Waals surface area contributed by atoms with Crippen LogP contribution >= 0.6 is 0 Å². The van der Waals surface area contributed by atoms with Gasteiger partial charge in [-0.3, -0.25) is 9.59 Å². The molecule has 1 amide bonds. The fourth-order valence-electron chi connectivity index (χ4n) is 3.44. The first-order chi connectivity index (χ1) is 13.8. The highest BCUT2D eigenvalue weighted by molar-refractivity contribution is 6.59. The van der Waals surface area contributed by atoms with Crippen molar-refractivity contribution in [2.24, 2.45) is 5.10 Å². The highest BCUT2D eigenvalue weighted by Gasteiger charge is 2.28. The number of carbonyl (C=O) groups is 2. The van der Waals surface area contributed by atoms with Crippen molar-refractivity contribution < 1.29 is 14.3 Å². The summed E-state index contributed by atoms with van der Waals surface area (Å²) in [6.45, 7) is 6.23. The van der Waals surface area contributed by atoms with Gasteiger partial charge in [0.1, 0.15) is 11.5 Å². The van der Waals surface area contributed by atoms with Crippen LogP contribution in [0.15, 0.2) is 65.8 Å². The summed E-state index contributed by atoms with van der Waals surface area (Å²) < 4.78 is 5.53. The van der Waals surface area contributed by atoms with Crippen LogP contribution in [0.4, 0.5) is 0 Å². The third-order valence-corrected chi connectivity index (χ3v) is 5.00. The van der Waals surface area contributed by atoms with Gasteiger partial charge < -0.3 is 4.74 Å². The zero-order valence-corrected chi connectivity index (χ0v) is 16.7. The minimum absolute atomic E-state index is 0.0558. The van der Waals surface area contributed by atoms with Crippen LogP contribution in [0.2, 0.25) is 0 Å². The van der Waals surface area contributed by atoms with Crippen LogP contribution in [0.25, 0.3) is 10.8 Å². The molecule has 146 valence electrons. The lowest BCUT2D eigenvalue weighted by Crippen LogP contribution is -2.27. The normalized spacial score (nSPS) is 14.4. The fourth-order valence-corrected chi connectivity index (χ4v) is 3.44. The summed E-state index contributed by atoms with van der Waals surface area (Å²) in [5, 5.41) is 5.95. The summed E-state index contributed by atoms with van der Waals surface area (Å²) in [6, 6.07) is 18.9. The molecule has 0 bridgehead atoms. The topological polar surface area (TPSA) is 67.8 Å². The molecule has 5 heteroatoms. The number of carbonyl (C=O) groups excluding carboxylic acids is 2. The van der Waals surface area contributed by atoms with Gasteiger partial charge in [0, 0.05) is 16.5 Å². The summed E-state index contributed by atoms with van der Waals surface area (Å²) >= 11 is 0. The Morgan fingerprint density at radius 3 is 2.28 bits per heavy atom. The van der Waals surface area contributed by atoms with Crippen LogP contribution < -0.4 is 10.2 Å². The molecule has 29 heavy (non-hydrogen) atoms. The molecule has 1 aliphatic rings. The van der Waals surface area contributed by atoms with E-state index in [0.717, 1.165) is 16.3 Å². The summed E-state index contributed by atoms with van der Waals surface area (Å²) in [5.74, 6) is -0.000893. The summed E-state index contributed by atoms with van der Waals surface area (Å²) in [7, 11) is 0. The van der Waals surface area contributed by atoms with Crippen LogP contribution in [0.3, 0.4) is 0 Å². The molecule has 3 aromatic carbocycles. The maximum absolute atomic E-state index is 12.7. The first-order valence-corrected chi connectivity index (χ1v) is 9.51. The molecule has 0 unspecified atom stereocenters. The number of hydrogen-bond donors (Lipinski definition) is 1. The molecule has 5 nitrogen and oxygen atoms in total. The van der Waals surface area contributed by atoms with Crippen molar-refractivity contribution >= 4 is 28.2 Å². The first kappa shape index (κ1) is 18.9. The van der Waals surface area contributed by atoms with E-state index in [0.29, 0.717) is 11.3 Å². The van der Waals surface area contributed by atoms with Gasteiger partial charge >= 0.3 is 0 Å². The van der Waals surface area contributed by atoms with Gasteiger partial charge in [-0.05, 0) is 28.5 Å². The van der Waals surface area contributed by atoms with E-state index in [1.807, 2.05) is 54.6 Å². The average molecular weight is 386 g/mol. The minimum Gasteiger partial charge on any atom is -0.484 e. The molecule has 0 fully saturated rings. The third-order valence-electron chi connectivity index (χ3n) is 5.00. The molecule has 0 spiro atoms. The Morgan fingerprint density at radius 1 is 0.966 bits per heavy atom. The van der Waals surface area contributed by atoms with Crippen molar-refractivity contribution in [2.45, 2.75) is 26.2 Å². The van der Waals surface area contributed by atoms with Crippen LogP contribution in [0, 0.1) is 0 Å². The highest BCUT2D eigenvalue weighted by Crippen LogP contribution is 2.30. The smallest absolute Gasteiger partial charge is 0.277 e. The Kier molecular flexibility index (Phi) is 4.66. The Labute approximate surface area is 169 Å². The van der Waals surface area contributed by atoms with Gasteiger partial charge in [0.25, 0.3) is 5.91 Å². The molecule has 0 saturated carbocycles. The van der Waals surface area contributed by atoms with Gasteiger partial charge in [-0.1, -0.05) is 69.3 Å². The van der Waals surface area contributed by atoms with Crippen LogP contribution in [-0.4, -0.2) is 24.0 Å². The van der Waals surface area contributed by atoms with E-state index >= 15 is 0 Å². The van der Waals surface area contributed by atoms with E-state index in [1.165, 1.54) is 5.56 Å². The van der Waals surface area contributed by atoms with Crippen molar-refractivity contribution in [1.82, 2.24) is 5.43 Å². The van der Waals surface area contributed by atoms with Gasteiger partial charge in [-0.15, -0.1) is 0 Å². The Morgan fingerprint density at radius 2 is 1.62 bits per heavy atom. The van der Waals surface area contributed by atoms with Gasteiger partial charge in [-0.25, -0.2) is 5.43 Å². The lowest BCUT2D eigenvalue weighted by atomic mass is 9.87. The van der Waals surface area contributed by atoms with E-state index in [4.69, 9.17) is 4.74 Å². The van der Waals surface area contributed by atoms with Crippen molar-refractivity contribution in [3.63, 3.8) is 0 Å². The predicted octanol–water partition coefficient (Wildman–Crippen LogP) is 4.23. The van der Waals surface area contributed by atoms with Crippen molar-refractivity contribution in [1.29, 1.82) is 0 Å². The molecule has 4 rings (SSSR count). The van der Waals surface area contributed by atoms with Gasteiger partial charge in [0.15, 0.2) is 6.61 Å². The molecule has 0 aliphatic heterocycles. The Hall–Kier alpha value is -3.47. The van der Waals surface area contributed by atoms with Gasteiger partial charge in [0.05, 0.1) is 0 Å². The third kappa shape index (κ3) is 3.63. The van der Waals surface area contributed by atoms with E-state index in [1.54, 1.807) is 6.07 Å². The van der Waals surface area contributed by atoms with Crippen molar-refractivity contribution in [3.05, 3.63) is 77.4 Å². The fraction of sp³-hybridized carbons (Fsp3) is 0.208. The number of nitrogens with zero attached hydrogens (tertiary/aromatic N) is 1. The average Bonchev–Trinajstić information content (AvgIpc) is 2.98. The quantitative estimate of drug-likeness (QED) is 0.682. The monoisotopic (exact) mass is 386 g/mol. The zero-order valence-electron chi connectivity index (χ0n) is 16.7. The first-order valence-electron chi connectivity index (χ1n) is 9.51. The molecule has 0 radical (unpaired) electrons. The number of amides is 1. The van der Waals surface area contributed by atoms with Gasteiger partial charge in [0.2, 0.25) is 5.78 Å². The van der Waals surface area contributed by atoms with Crippen molar-refractivity contribution in [3.8, 4) is 5.75 Å². The second kappa shape index (κ2) is 7.17. The largest absolute Gasteiger partial charge is 0.484 e. The van der Waals surface area contributed by atoms with E-state index in [-0.39, 0.29) is 23.5 Å². The predicted molar refractivity (Wildman–Crippen MR) is 114 cm³/mol. The van der Waals surface area contributed by atoms with E-state index in [9.17, 15) is 9.59 Å². The molecule has 0 aromatic heterocycles. The maximum atomic E-state index is 12.7. The molecule has 0 atom stereocenters. The second-order valence-electron chi connectivity index (χ2n) is 8.10. The Bertz CT molecular complexity index is 1130. The van der Waals surface area contributed by atoms with Crippen LogP contribution in [-0.2, 0) is 10.2 Å². The molecule has 0 heterocycles. The minimum atomic E-state index is -0.423. The standard InChI is InChI=1S/C24H22N2O3/c1-24(2,3)16-10-12-17(13-11-16)29-14-20(27)25-26-22-18-8-4-6-15-7-5-9-19(21(15)18)23(22)28/h4-13H,14H2,1-3H3,(H,25,27)/b26-22-. The highest BCUT2D eigenvalue weighted by atomic mass is 16.5. The van der Waals surface area contributed by atoms with E-state index < -0.39 is 5.91 Å². The summed E-state index contributed by atoms with van der Waals surface area (Å²) in [6.07, 6.45) is 0. The molecule has 3 aromatic rings. The number of Topliss-reactive ketones (excluding diaryl/α,β-unsaturated/α-hetero) is 1. The number of nitrogens with one attached hydrogen (secondary N) is 1. The van der Waals surface area contributed by atoms with Crippen LogP contribution in [0.1, 0.15) is 42.3 Å². The Balaban J connectivity index is 1.43. The summed E-state index contributed by atoms with van der Waals surface area (Å²) in [5.41, 5.74) is 5.29. The molecule has 1 aliphatic carbocycles. The van der Waals surface area contributed by atoms with E-state index in [2.05, 4.69) is 31.3 Å². The number of ketones is 1.